The fourth-order valence-electron chi connectivity index (χ4n) is 2.40. The average molecular weight is 245 g/mol. The van der Waals surface area contributed by atoms with E-state index in [4.69, 9.17) is 5.26 Å². The van der Waals surface area contributed by atoms with Gasteiger partial charge in [-0.15, -0.1) is 0 Å². The van der Waals surface area contributed by atoms with Crippen LogP contribution in [0.1, 0.15) is 25.3 Å². The molecule has 94 valence electrons. The summed E-state index contributed by atoms with van der Waals surface area (Å²) in [7, 11) is 0. The molecule has 0 amide bonds. The van der Waals surface area contributed by atoms with Crippen LogP contribution in [0.5, 0.6) is 0 Å². The maximum absolute atomic E-state index is 11.4. The summed E-state index contributed by atoms with van der Waals surface area (Å²) in [6.45, 7) is 2.94. The smallest absolute Gasteiger partial charge is 0.311 e. The molecule has 1 saturated heterocycles. The standard InChI is InChI=1S/C13H15N3O2/c1-2-13(12(17)18)5-7-16(9-13)11-10(8-14)4-3-6-15-11/h3-4,6H,2,5,7,9H2,1H3,(H,17,18). The lowest BCUT2D eigenvalue weighted by molar-refractivity contribution is -0.147. The molecular weight excluding hydrogens is 230 g/mol. The first-order valence-corrected chi connectivity index (χ1v) is 5.96. The van der Waals surface area contributed by atoms with Gasteiger partial charge >= 0.3 is 5.97 Å². The normalized spacial score (nSPS) is 22.8. The van der Waals surface area contributed by atoms with Crippen LogP contribution < -0.4 is 4.90 Å². The van der Waals surface area contributed by atoms with Gasteiger partial charge in [0.2, 0.25) is 0 Å². The van der Waals surface area contributed by atoms with Gasteiger partial charge in [0.05, 0.1) is 11.0 Å². The predicted molar refractivity (Wildman–Crippen MR) is 66.1 cm³/mol. The van der Waals surface area contributed by atoms with Crippen LogP contribution in [-0.4, -0.2) is 29.1 Å². The molecule has 1 N–H and O–H groups in total. The molecule has 1 aliphatic heterocycles. The SMILES string of the molecule is CCC1(C(=O)O)CCN(c2ncccc2C#N)C1. The van der Waals surface area contributed by atoms with Gasteiger partial charge in [-0.05, 0) is 25.0 Å². The highest BCUT2D eigenvalue weighted by Gasteiger charge is 2.44. The third-order valence-electron chi connectivity index (χ3n) is 3.69. The van der Waals surface area contributed by atoms with Crippen molar-refractivity contribution in [3.8, 4) is 6.07 Å². The van der Waals surface area contributed by atoms with E-state index in [0.29, 0.717) is 37.3 Å². The van der Waals surface area contributed by atoms with Gasteiger partial charge in [-0.1, -0.05) is 6.92 Å². The molecule has 0 saturated carbocycles. The van der Waals surface area contributed by atoms with Crippen molar-refractivity contribution in [2.45, 2.75) is 19.8 Å². The molecule has 5 heteroatoms. The molecule has 18 heavy (non-hydrogen) atoms. The van der Waals surface area contributed by atoms with Crippen molar-refractivity contribution in [3.05, 3.63) is 23.9 Å². The van der Waals surface area contributed by atoms with Crippen LogP contribution >= 0.6 is 0 Å². The molecule has 1 atom stereocenters. The summed E-state index contributed by atoms with van der Waals surface area (Å²) in [6, 6.07) is 5.51. The average Bonchev–Trinajstić information content (AvgIpc) is 2.84. The van der Waals surface area contributed by atoms with Gasteiger partial charge in [-0.2, -0.15) is 5.26 Å². The van der Waals surface area contributed by atoms with Crippen LogP contribution in [0, 0.1) is 16.7 Å². The van der Waals surface area contributed by atoms with E-state index in [9.17, 15) is 9.90 Å². The molecule has 2 rings (SSSR count). The molecule has 0 spiro atoms. The number of hydrogen-bond acceptors (Lipinski definition) is 4. The molecule has 1 fully saturated rings. The lowest BCUT2D eigenvalue weighted by Crippen LogP contribution is -2.34. The highest BCUT2D eigenvalue weighted by molar-refractivity contribution is 5.77. The number of aromatic nitrogens is 1. The van der Waals surface area contributed by atoms with E-state index in [2.05, 4.69) is 11.1 Å². The molecule has 1 aromatic rings. The minimum atomic E-state index is -0.762. The van der Waals surface area contributed by atoms with Crippen molar-refractivity contribution >= 4 is 11.8 Å². The van der Waals surface area contributed by atoms with E-state index in [1.165, 1.54) is 0 Å². The number of carboxylic acid groups (broad SMARTS) is 1. The van der Waals surface area contributed by atoms with Gasteiger partial charge in [0.25, 0.3) is 0 Å². The Labute approximate surface area is 106 Å². The second kappa shape index (κ2) is 4.65. The number of anilines is 1. The van der Waals surface area contributed by atoms with Crippen molar-refractivity contribution in [2.24, 2.45) is 5.41 Å². The third kappa shape index (κ3) is 1.90. The zero-order valence-corrected chi connectivity index (χ0v) is 10.3. The lowest BCUT2D eigenvalue weighted by atomic mass is 9.84. The Bertz CT molecular complexity index is 509. The van der Waals surface area contributed by atoms with Crippen molar-refractivity contribution in [1.29, 1.82) is 5.26 Å². The Morgan fingerprint density at radius 3 is 3.06 bits per heavy atom. The molecule has 2 heterocycles. The number of nitrogens with zero attached hydrogens (tertiary/aromatic N) is 3. The van der Waals surface area contributed by atoms with E-state index < -0.39 is 11.4 Å². The number of rotatable bonds is 3. The Kier molecular flexibility index (Phi) is 3.19. The highest BCUT2D eigenvalue weighted by atomic mass is 16.4. The Morgan fingerprint density at radius 2 is 2.50 bits per heavy atom. The summed E-state index contributed by atoms with van der Waals surface area (Å²) in [6.07, 6.45) is 2.82. The Morgan fingerprint density at radius 1 is 1.72 bits per heavy atom. The van der Waals surface area contributed by atoms with E-state index in [0.717, 1.165) is 0 Å². The monoisotopic (exact) mass is 245 g/mol. The lowest BCUT2D eigenvalue weighted by Gasteiger charge is -2.23. The predicted octanol–water partition coefficient (Wildman–Crippen LogP) is 1.64. The molecule has 0 radical (unpaired) electrons. The minimum absolute atomic E-state index is 0.421. The van der Waals surface area contributed by atoms with Crippen molar-refractivity contribution in [3.63, 3.8) is 0 Å². The summed E-state index contributed by atoms with van der Waals surface area (Å²) in [5.41, 5.74) is -0.209. The van der Waals surface area contributed by atoms with Gasteiger partial charge < -0.3 is 10.0 Å². The first kappa shape index (κ1) is 12.4. The summed E-state index contributed by atoms with van der Waals surface area (Å²) < 4.78 is 0. The van der Waals surface area contributed by atoms with Gasteiger partial charge in [0, 0.05) is 19.3 Å². The zero-order valence-electron chi connectivity index (χ0n) is 10.3. The topological polar surface area (TPSA) is 77.2 Å². The fraction of sp³-hybridized carbons (Fsp3) is 0.462. The van der Waals surface area contributed by atoms with Gasteiger partial charge in [0.15, 0.2) is 0 Å². The summed E-state index contributed by atoms with van der Waals surface area (Å²) in [4.78, 5) is 17.5. The number of aliphatic carboxylic acids is 1. The van der Waals surface area contributed by atoms with Crippen molar-refractivity contribution in [2.75, 3.05) is 18.0 Å². The van der Waals surface area contributed by atoms with Crippen LogP contribution in [-0.2, 0) is 4.79 Å². The number of carboxylic acids is 1. The van der Waals surface area contributed by atoms with Crippen molar-refractivity contribution in [1.82, 2.24) is 4.98 Å². The van der Waals surface area contributed by atoms with Crippen LogP contribution in [0.4, 0.5) is 5.82 Å². The third-order valence-corrected chi connectivity index (χ3v) is 3.69. The number of hydrogen-bond donors (Lipinski definition) is 1. The molecule has 1 unspecified atom stereocenters. The molecule has 5 nitrogen and oxygen atoms in total. The second-order valence-corrected chi connectivity index (χ2v) is 4.60. The van der Waals surface area contributed by atoms with Crippen LogP contribution in [0.25, 0.3) is 0 Å². The maximum Gasteiger partial charge on any atom is 0.311 e. The van der Waals surface area contributed by atoms with Gasteiger partial charge in [0.1, 0.15) is 11.9 Å². The fourth-order valence-corrected chi connectivity index (χ4v) is 2.40. The largest absolute Gasteiger partial charge is 0.481 e. The van der Waals surface area contributed by atoms with E-state index in [1.54, 1.807) is 18.3 Å². The molecule has 0 aromatic carbocycles. The first-order chi connectivity index (χ1) is 8.63. The molecule has 1 aromatic heterocycles. The van der Waals surface area contributed by atoms with E-state index in [-0.39, 0.29) is 0 Å². The van der Waals surface area contributed by atoms with Crippen molar-refractivity contribution < 1.29 is 9.90 Å². The number of nitriles is 1. The highest BCUT2D eigenvalue weighted by Crippen LogP contribution is 2.36. The maximum atomic E-state index is 11.4. The summed E-state index contributed by atoms with van der Waals surface area (Å²) >= 11 is 0. The summed E-state index contributed by atoms with van der Waals surface area (Å²) in [5.74, 6) is -0.168. The first-order valence-electron chi connectivity index (χ1n) is 5.96. The van der Waals surface area contributed by atoms with Crippen LogP contribution in [0.15, 0.2) is 18.3 Å². The van der Waals surface area contributed by atoms with E-state index >= 15 is 0 Å². The Balaban J connectivity index is 2.29. The molecule has 1 aliphatic rings. The molecule has 0 aliphatic carbocycles. The summed E-state index contributed by atoms with van der Waals surface area (Å²) in [5, 5.41) is 18.4. The van der Waals surface area contributed by atoms with Gasteiger partial charge in [-0.25, -0.2) is 4.98 Å². The van der Waals surface area contributed by atoms with Crippen LogP contribution in [0.3, 0.4) is 0 Å². The zero-order chi connectivity index (χ0) is 13.2. The van der Waals surface area contributed by atoms with Crippen LogP contribution in [0.2, 0.25) is 0 Å². The van der Waals surface area contributed by atoms with E-state index in [1.807, 2.05) is 11.8 Å². The second-order valence-electron chi connectivity index (χ2n) is 4.60. The number of pyridine rings is 1. The molecule has 0 bridgehead atoms. The Hall–Kier alpha value is -2.09. The minimum Gasteiger partial charge on any atom is -0.481 e. The molecular formula is C13H15N3O2. The van der Waals surface area contributed by atoms with Gasteiger partial charge in [-0.3, -0.25) is 4.79 Å². The quantitative estimate of drug-likeness (QED) is 0.876. The number of carbonyl (C=O) groups is 1.